The lowest BCUT2D eigenvalue weighted by Gasteiger charge is -2.03. The summed E-state index contributed by atoms with van der Waals surface area (Å²) in [5.74, 6) is -0.100. The van der Waals surface area contributed by atoms with E-state index in [0.717, 1.165) is 28.9 Å². The van der Waals surface area contributed by atoms with Crippen molar-refractivity contribution in [3.63, 3.8) is 0 Å². The van der Waals surface area contributed by atoms with E-state index in [1.807, 2.05) is 37.3 Å². The van der Waals surface area contributed by atoms with Crippen LogP contribution in [0, 0.1) is 6.92 Å². The van der Waals surface area contributed by atoms with Gasteiger partial charge in [-0.05, 0) is 18.9 Å². The van der Waals surface area contributed by atoms with Crippen molar-refractivity contribution in [2.45, 2.75) is 27.2 Å². The average Bonchev–Trinajstić information content (AvgIpc) is 2.87. The van der Waals surface area contributed by atoms with Gasteiger partial charge in [0.2, 0.25) is 0 Å². The van der Waals surface area contributed by atoms with Crippen LogP contribution in [0.2, 0.25) is 0 Å². The van der Waals surface area contributed by atoms with Gasteiger partial charge >= 0.3 is 0 Å². The van der Waals surface area contributed by atoms with E-state index in [-0.39, 0.29) is 5.78 Å². The standard InChI is InChI=1S/C16H16N4O/c1-4-13-14(12-8-6-5-7-9-12)16-18-17-15(11(3)21)10(2)20(16)19-13/h5-9H,4H2,1-3H3. The van der Waals surface area contributed by atoms with E-state index < -0.39 is 0 Å². The second kappa shape index (κ2) is 5.09. The first-order valence-corrected chi connectivity index (χ1v) is 6.94. The highest BCUT2D eigenvalue weighted by Gasteiger charge is 2.19. The van der Waals surface area contributed by atoms with Crippen LogP contribution < -0.4 is 0 Å². The lowest BCUT2D eigenvalue weighted by molar-refractivity contribution is 0.101. The molecular formula is C16H16N4O. The molecule has 2 aromatic heterocycles. The third-order valence-electron chi connectivity index (χ3n) is 3.57. The number of nitrogens with zero attached hydrogens (tertiary/aromatic N) is 4. The largest absolute Gasteiger partial charge is 0.293 e. The minimum atomic E-state index is -0.100. The zero-order valence-electron chi connectivity index (χ0n) is 12.3. The Morgan fingerprint density at radius 1 is 1.19 bits per heavy atom. The number of carbonyl (C=O) groups excluding carboxylic acids is 1. The van der Waals surface area contributed by atoms with Crippen molar-refractivity contribution in [2.75, 3.05) is 0 Å². The lowest BCUT2D eigenvalue weighted by Crippen LogP contribution is -2.09. The van der Waals surface area contributed by atoms with Gasteiger partial charge in [-0.1, -0.05) is 37.3 Å². The van der Waals surface area contributed by atoms with Crippen LogP contribution in [0.3, 0.4) is 0 Å². The summed E-state index contributed by atoms with van der Waals surface area (Å²) in [4.78, 5) is 11.6. The van der Waals surface area contributed by atoms with Crippen LogP contribution in [-0.4, -0.2) is 25.6 Å². The zero-order chi connectivity index (χ0) is 15.0. The molecule has 3 aromatic rings. The number of rotatable bonds is 3. The van der Waals surface area contributed by atoms with E-state index in [9.17, 15) is 4.79 Å². The second-order valence-electron chi connectivity index (χ2n) is 4.97. The molecule has 0 aliphatic heterocycles. The fraction of sp³-hybridized carbons (Fsp3) is 0.250. The number of Topliss-reactive ketones (excluding diaryl/α,β-unsaturated/α-hetero) is 1. The molecule has 5 nitrogen and oxygen atoms in total. The molecule has 0 N–H and O–H groups in total. The predicted molar refractivity (Wildman–Crippen MR) is 80.3 cm³/mol. The average molecular weight is 280 g/mol. The van der Waals surface area contributed by atoms with Gasteiger partial charge in [0.05, 0.1) is 17.0 Å². The van der Waals surface area contributed by atoms with Gasteiger partial charge in [-0.15, -0.1) is 10.2 Å². The molecule has 5 heteroatoms. The highest BCUT2D eigenvalue weighted by atomic mass is 16.1. The molecule has 3 rings (SSSR count). The number of benzene rings is 1. The minimum Gasteiger partial charge on any atom is -0.293 e. The number of carbonyl (C=O) groups is 1. The molecule has 1 aromatic carbocycles. The Bertz CT molecular complexity index is 821. The van der Waals surface area contributed by atoms with Gasteiger partial charge in [0.15, 0.2) is 11.4 Å². The molecule has 0 saturated heterocycles. The van der Waals surface area contributed by atoms with Crippen molar-refractivity contribution in [1.29, 1.82) is 0 Å². The lowest BCUT2D eigenvalue weighted by atomic mass is 10.0. The molecule has 0 bridgehead atoms. The van der Waals surface area contributed by atoms with E-state index in [4.69, 9.17) is 0 Å². The van der Waals surface area contributed by atoms with Crippen molar-refractivity contribution in [2.24, 2.45) is 0 Å². The first-order chi connectivity index (χ1) is 10.1. The Morgan fingerprint density at radius 2 is 1.90 bits per heavy atom. The monoisotopic (exact) mass is 280 g/mol. The van der Waals surface area contributed by atoms with Crippen LogP contribution in [-0.2, 0) is 6.42 Å². The quantitative estimate of drug-likeness (QED) is 0.692. The molecule has 0 spiro atoms. The second-order valence-corrected chi connectivity index (χ2v) is 4.97. The molecule has 2 heterocycles. The van der Waals surface area contributed by atoms with E-state index >= 15 is 0 Å². The van der Waals surface area contributed by atoms with Gasteiger partial charge in [-0.3, -0.25) is 4.79 Å². The van der Waals surface area contributed by atoms with Gasteiger partial charge in [-0.2, -0.15) is 5.10 Å². The van der Waals surface area contributed by atoms with E-state index in [0.29, 0.717) is 11.3 Å². The fourth-order valence-corrected chi connectivity index (χ4v) is 2.52. The summed E-state index contributed by atoms with van der Waals surface area (Å²) in [6, 6.07) is 10.0. The predicted octanol–water partition coefficient (Wildman–Crippen LogP) is 2.86. The van der Waals surface area contributed by atoms with Crippen LogP contribution in [0.15, 0.2) is 30.3 Å². The molecule has 0 fully saturated rings. The molecule has 0 aliphatic carbocycles. The van der Waals surface area contributed by atoms with Crippen LogP contribution in [0.1, 0.15) is 35.7 Å². The Kier molecular flexibility index (Phi) is 3.25. The Hall–Kier alpha value is -2.56. The number of ketones is 1. The smallest absolute Gasteiger partial charge is 0.185 e. The first kappa shape index (κ1) is 13.4. The number of hydrogen-bond acceptors (Lipinski definition) is 4. The fourth-order valence-electron chi connectivity index (χ4n) is 2.52. The zero-order valence-corrected chi connectivity index (χ0v) is 12.3. The molecule has 0 atom stereocenters. The van der Waals surface area contributed by atoms with Gasteiger partial charge in [0.25, 0.3) is 0 Å². The van der Waals surface area contributed by atoms with Crippen molar-refractivity contribution in [1.82, 2.24) is 19.8 Å². The molecule has 0 amide bonds. The summed E-state index contributed by atoms with van der Waals surface area (Å²) >= 11 is 0. The van der Waals surface area contributed by atoms with Gasteiger partial charge in [0, 0.05) is 6.92 Å². The summed E-state index contributed by atoms with van der Waals surface area (Å²) in [5.41, 5.74) is 4.80. The molecule has 0 unspecified atom stereocenters. The Balaban J connectivity index is 2.35. The van der Waals surface area contributed by atoms with Crippen molar-refractivity contribution >= 4 is 11.4 Å². The maximum Gasteiger partial charge on any atom is 0.185 e. The van der Waals surface area contributed by atoms with Crippen molar-refractivity contribution in [3.05, 3.63) is 47.4 Å². The molecule has 21 heavy (non-hydrogen) atoms. The van der Waals surface area contributed by atoms with E-state index in [1.54, 1.807) is 4.52 Å². The third kappa shape index (κ3) is 2.11. The van der Waals surface area contributed by atoms with Gasteiger partial charge in [-0.25, -0.2) is 4.52 Å². The summed E-state index contributed by atoms with van der Waals surface area (Å²) in [6.45, 7) is 5.40. The third-order valence-corrected chi connectivity index (χ3v) is 3.57. The summed E-state index contributed by atoms with van der Waals surface area (Å²) in [6.07, 6.45) is 0.794. The summed E-state index contributed by atoms with van der Waals surface area (Å²) < 4.78 is 1.73. The van der Waals surface area contributed by atoms with Crippen LogP contribution in [0.25, 0.3) is 16.8 Å². The van der Waals surface area contributed by atoms with Gasteiger partial charge < -0.3 is 0 Å². The summed E-state index contributed by atoms with van der Waals surface area (Å²) in [7, 11) is 0. The number of aryl methyl sites for hydroxylation is 2. The molecular weight excluding hydrogens is 264 g/mol. The van der Waals surface area contributed by atoms with E-state index in [1.165, 1.54) is 6.92 Å². The maximum absolute atomic E-state index is 11.6. The Labute approximate surface area is 122 Å². The number of hydrogen-bond donors (Lipinski definition) is 0. The minimum absolute atomic E-state index is 0.100. The first-order valence-electron chi connectivity index (χ1n) is 6.94. The summed E-state index contributed by atoms with van der Waals surface area (Å²) in [5, 5.41) is 12.9. The van der Waals surface area contributed by atoms with Gasteiger partial charge in [0.1, 0.15) is 5.69 Å². The molecule has 0 saturated carbocycles. The molecule has 0 aliphatic rings. The van der Waals surface area contributed by atoms with Crippen molar-refractivity contribution in [3.8, 4) is 11.1 Å². The topological polar surface area (TPSA) is 60.2 Å². The van der Waals surface area contributed by atoms with E-state index in [2.05, 4.69) is 22.2 Å². The normalized spacial score (nSPS) is 11.0. The number of fused-ring (bicyclic) bond motifs is 1. The van der Waals surface area contributed by atoms with Crippen molar-refractivity contribution < 1.29 is 4.79 Å². The molecule has 0 radical (unpaired) electrons. The highest BCUT2D eigenvalue weighted by molar-refractivity contribution is 5.93. The highest BCUT2D eigenvalue weighted by Crippen LogP contribution is 2.28. The van der Waals surface area contributed by atoms with Crippen LogP contribution in [0.4, 0.5) is 0 Å². The van der Waals surface area contributed by atoms with Crippen LogP contribution in [0.5, 0.6) is 0 Å². The molecule has 106 valence electrons. The van der Waals surface area contributed by atoms with Crippen LogP contribution >= 0.6 is 0 Å². The number of aromatic nitrogens is 4. The maximum atomic E-state index is 11.6. The SMILES string of the molecule is CCc1nn2c(C)c(C(C)=O)nnc2c1-c1ccccc1. The Morgan fingerprint density at radius 3 is 2.52 bits per heavy atom.